The third-order valence-corrected chi connectivity index (χ3v) is 4.75. The van der Waals surface area contributed by atoms with Crippen LogP contribution < -0.4 is 0 Å². The van der Waals surface area contributed by atoms with Gasteiger partial charge in [0.25, 0.3) is 0 Å². The summed E-state index contributed by atoms with van der Waals surface area (Å²) < 4.78 is 95.1. The monoisotopic (exact) mass is 425 g/mol. The zero-order valence-corrected chi connectivity index (χ0v) is 15.2. The van der Waals surface area contributed by atoms with Crippen LogP contribution in [0, 0.1) is 18.6 Å². The van der Waals surface area contributed by atoms with E-state index in [0.717, 1.165) is 6.92 Å². The van der Waals surface area contributed by atoms with Gasteiger partial charge in [0.1, 0.15) is 5.69 Å². The lowest BCUT2D eigenvalue weighted by atomic mass is 10.2. The van der Waals surface area contributed by atoms with Crippen molar-refractivity contribution < 1.29 is 39.9 Å². The van der Waals surface area contributed by atoms with Gasteiger partial charge in [0, 0.05) is 6.20 Å². The molecule has 0 aromatic carbocycles. The van der Waals surface area contributed by atoms with Crippen molar-refractivity contribution in [2.75, 3.05) is 12.4 Å². The molecule has 0 fully saturated rings. The molecule has 2 aromatic heterocycles. The van der Waals surface area contributed by atoms with E-state index in [0.29, 0.717) is 6.20 Å². The highest BCUT2D eigenvalue weighted by molar-refractivity contribution is 7.92. The first-order chi connectivity index (χ1) is 12.9. The van der Waals surface area contributed by atoms with Crippen LogP contribution >= 0.6 is 0 Å². The van der Waals surface area contributed by atoms with Gasteiger partial charge in [0.15, 0.2) is 28.2 Å². The van der Waals surface area contributed by atoms with Gasteiger partial charge in [-0.05, 0) is 19.9 Å². The molecule has 0 aliphatic rings. The third kappa shape index (κ3) is 4.58. The lowest BCUT2D eigenvalue weighted by Gasteiger charge is -2.10. The Labute approximate surface area is 155 Å². The molecule has 2 aromatic rings. The number of hydrogen-bond donors (Lipinski definition) is 0. The van der Waals surface area contributed by atoms with Crippen LogP contribution in [-0.4, -0.2) is 41.7 Å². The molecular weight excluding hydrogens is 413 g/mol. The largest absolute Gasteiger partial charge is 0.465 e. The zero-order chi connectivity index (χ0) is 21.3. The summed E-state index contributed by atoms with van der Waals surface area (Å²) in [5.41, 5.74) is -2.74. The topological polar surface area (TPSA) is 99.1 Å². The van der Waals surface area contributed by atoms with Crippen LogP contribution in [-0.2, 0) is 25.5 Å². The Hall–Kier alpha value is -2.70. The Morgan fingerprint density at radius 3 is 2.39 bits per heavy atom. The maximum Gasteiger partial charge on any atom is 0.417 e. The van der Waals surface area contributed by atoms with Crippen LogP contribution in [0.2, 0.25) is 0 Å². The van der Waals surface area contributed by atoms with Crippen molar-refractivity contribution >= 4 is 15.8 Å². The zero-order valence-electron chi connectivity index (χ0n) is 14.3. The van der Waals surface area contributed by atoms with Crippen molar-refractivity contribution in [2.24, 2.45) is 0 Å². The maximum absolute atomic E-state index is 14.2. The van der Waals surface area contributed by atoms with Crippen molar-refractivity contribution in [3.63, 3.8) is 0 Å². The van der Waals surface area contributed by atoms with Crippen molar-refractivity contribution in [3.05, 3.63) is 35.2 Å². The molecule has 152 valence electrons. The molecule has 0 unspecified atom stereocenters. The minimum absolute atomic E-state index is 0.119. The molecule has 0 saturated carbocycles. The molecule has 0 N–H and O–H groups in total. The van der Waals surface area contributed by atoms with Crippen LogP contribution in [0.4, 0.5) is 22.0 Å². The number of esters is 1. The van der Waals surface area contributed by atoms with Gasteiger partial charge in [-0.3, -0.25) is 4.79 Å². The normalized spacial score (nSPS) is 12.1. The first kappa shape index (κ1) is 21.6. The quantitative estimate of drug-likeness (QED) is 0.412. The molecule has 0 aliphatic heterocycles. The number of rotatable bonds is 5. The molecule has 7 nitrogen and oxygen atoms in total. The highest BCUT2D eigenvalue weighted by Gasteiger charge is 2.33. The molecule has 0 bridgehead atoms. The summed E-state index contributed by atoms with van der Waals surface area (Å²) in [6.45, 7) is 2.34. The molecule has 0 aliphatic carbocycles. The fourth-order valence-electron chi connectivity index (χ4n) is 2.03. The van der Waals surface area contributed by atoms with Gasteiger partial charge in [-0.1, -0.05) is 0 Å². The number of hydrogen-bond acceptors (Lipinski definition) is 7. The number of aromatic nitrogens is 3. The number of carbonyl (C=O) groups excluding carboxylic acids is 1. The Balaban J connectivity index is 2.56. The summed E-state index contributed by atoms with van der Waals surface area (Å²) in [4.78, 5) is 21.6. The van der Waals surface area contributed by atoms with E-state index >= 15 is 0 Å². The first-order valence-electron chi connectivity index (χ1n) is 7.52. The Morgan fingerprint density at radius 1 is 1.21 bits per heavy atom. The Morgan fingerprint density at radius 2 is 1.86 bits per heavy atom. The third-order valence-electron chi connectivity index (χ3n) is 3.27. The molecule has 0 spiro atoms. The summed E-state index contributed by atoms with van der Waals surface area (Å²) in [5.74, 6) is -6.04. The standard InChI is InChI=1S/C15H12F5N3O4S/c1-3-27-10(24)6-28(25,26)14-11(17)7(2)22-13(23-14)12-9(16)4-8(5-21-12)15(18,19)20/h4-5H,3,6H2,1-2H3. The second-order valence-corrected chi connectivity index (χ2v) is 7.27. The minimum Gasteiger partial charge on any atom is -0.465 e. The SMILES string of the molecule is CCOC(=O)CS(=O)(=O)c1nc(-c2ncc(C(F)(F)F)cc2F)nc(C)c1F. The molecular formula is C15H12F5N3O4S. The summed E-state index contributed by atoms with van der Waals surface area (Å²) in [5, 5.41) is -1.22. The van der Waals surface area contributed by atoms with Crippen molar-refractivity contribution in [1.29, 1.82) is 0 Å². The Bertz CT molecular complexity index is 1030. The van der Waals surface area contributed by atoms with Gasteiger partial charge < -0.3 is 4.74 Å². The van der Waals surface area contributed by atoms with Crippen molar-refractivity contribution in [1.82, 2.24) is 15.0 Å². The highest BCUT2D eigenvalue weighted by Crippen LogP contribution is 2.31. The number of pyridine rings is 1. The van der Waals surface area contributed by atoms with E-state index in [1.165, 1.54) is 6.92 Å². The number of halogens is 5. The van der Waals surface area contributed by atoms with Gasteiger partial charge in [0.2, 0.25) is 9.84 Å². The number of nitrogens with zero attached hydrogens (tertiary/aromatic N) is 3. The average molecular weight is 425 g/mol. The van der Waals surface area contributed by atoms with Crippen LogP contribution in [0.15, 0.2) is 17.3 Å². The first-order valence-corrected chi connectivity index (χ1v) is 9.17. The number of sulfone groups is 1. The van der Waals surface area contributed by atoms with Crippen LogP contribution in [0.3, 0.4) is 0 Å². The predicted octanol–water partition coefficient (Wildman–Crippen LogP) is 2.48. The maximum atomic E-state index is 14.2. The molecule has 0 atom stereocenters. The minimum atomic E-state index is -4.86. The highest BCUT2D eigenvalue weighted by atomic mass is 32.2. The summed E-state index contributed by atoms with van der Waals surface area (Å²) in [6, 6.07) is 0.122. The molecule has 0 saturated heterocycles. The van der Waals surface area contributed by atoms with Crippen LogP contribution in [0.1, 0.15) is 18.2 Å². The molecule has 0 amide bonds. The fraction of sp³-hybridized carbons (Fsp3) is 0.333. The van der Waals surface area contributed by atoms with E-state index in [9.17, 15) is 35.2 Å². The molecule has 13 heteroatoms. The van der Waals surface area contributed by atoms with Crippen molar-refractivity contribution in [2.45, 2.75) is 25.0 Å². The number of ether oxygens (including phenoxy) is 1. The molecule has 0 radical (unpaired) electrons. The number of carbonyl (C=O) groups is 1. The van der Waals surface area contributed by atoms with E-state index in [1.807, 2.05) is 0 Å². The lowest BCUT2D eigenvalue weighted by molar-refractivity contribution is -0.140. The van der Waals surface area contributed by atoms with E-state index in [4.69, 9.17) is 0 Å². The van der Waals surface area contributed by atoms with E-state index < -0.39 is 67.2 Å². The predicted molar refractivity (Wildman–Crippen MR) is 83.6 cm³/mol. The average Bonchev–Trinajstić information content (AvgIpc) is 2.55. The summed E-state index contributed by atoms with van der Waals surface area (Å²) >= 11 is 0. The Kier molecular flexibility index (Phi) is 5.97. The number of aryl methyl sites for hydroxylation is 1. The van der Waals surface area contributed by atoms with E-state index in [-0.39, 0.29) is 12.7 Å². The van der Waals surface area contributed by atoms with E-state index in [1.54, 1.807) is 0 Å². The second kappa shape index (κ2) is 7.73. The smallest absolute Gasteiger partial charge is 0.417 e. The van der Waals surface area contributed by atoms with Crippen LogP contribution in [0.5, 0.6) is 0 Å². The van der Waals surface area contributed by atoms with Gasteiger partial charge in [-0.2, -0.15) is 13.2 Å². The second-order valence-electron chi connectivity index (χ2n) is 5.37. The molecule has 2 rings (SSSR count). The molecule has 2 heterocycles. The number of alkyl halides is 3. The summed E-state index contributed by atoms with van der Waals surface area (Å²) in [6.07, 6.45) is -4.56. The summed E-state index contributed by atoms with van der Waals surface area (Å²) in [7, 11) is -4.64. The molecule has 28 heavy (non-hydrogen) atoms. The fourth-order valence-corrected chi connectivity index (χ4v) is 3.21. The van der Waals surface area contributed by atoms with Crippen molar-refractivity contribution in [3.8, 4) is 11.5 Å². The van der Waals surface area contributed by atoms with Gasteiger partial charge >= 0.3 is 12.1 Å². The lowest BCUT2D eigenvalue weighted by Crippen LogP contribution is -2.21. The van der Waals surface area contributed by atoms with Crippen LogP contribution in [0.25, 0.3) is 11.5 Å². The van der Waals surface area contributed by atoms with Gasteiger partial charge in [0.05, 0.1) is 17.9 Å². The van der Waals surface area contributed by atoms with Gasteiger partial charge in [-0.15, -0.1) is 0 Å². The van der Waals surface area contributed by atoms with E-state index in [2.05, 4.69) is 19.7 Å². The van der Waals surface area contributed by atoms with Gasteiger partial charge in [-0.25, -0.2) is 32.2 Å².